The van der Waals surface area contributed by atoms with Crippen LogP contribution >= 0.6 is 0 Å². The topological polar surface area (TPSA) is 30.3 Å². The van der Waals surface area contributed by atoms with Crippen molar-refractivity contribution in [3.05, 3.63) is 0 Å². The second-order valence-electron chi connectivity index (χ2n) is 4.77. The molecule has 0 bridgehead atoms. The minimum absolute atomic E-state index is 0.123. The second-order valence-corrected chi connectivity index (χ2v) is 4.77. The van der Waals surface area contributed by atoms with Gasteiger partial charge in [-0.3, -0.25) is 4.90 Å². The van der Waals surface area contributed by atoms with Crippen LogP contribution in [0.2, 0.25) is 0 Å². The van der Waals surface area contributed by atoms with Gasteiger partial charge < -0.3 is 4.90 Å². The van der Waals surface area contributed by atoms with Gasteiger partial charge in [0.25, 0.3) is 0 Å². The van der Waals surface area contributed by atoms with Gasteiger partial charge in [0.15, 0.2) is 0 Å². The van der Waals surface area contributed by atoms with Crippen LogP contribution in [-0.2, 0) is 0 Å². The highest BCUT2D eigenvalue weighted by atomic mass is 15.2. The van der Waals surface area contributed by atoms with Crippen LogP contribution in [0.15, 0.2) is 0 Å². The summed E-state index contributed by atoms with van der Waals surface area (Å²) in [6, 6.07) is 2.60. The molecule has 2 saturated heterocycles. The molecule has 0 amide bonds. The summed E-state index contributed by atoms with van der Waals surface area (Å²) in [7, 11) is 0. The maximum Gasteiger partial charge on any atom is 0.111 e. The minimum atomic E-state index is -0.123. The summed E-state index contributed by atoms with van der Waals surface area (Å²) in [5.74, 6) is 0. The van der Waals surface area contributed by atoms with E-state index >= 15 is 0 Å². The first kappa shape index (κ1) is 10.9. The van der Waals surface area contributed by atoms with Crippen LogP contribution in [-0.4, -0.2) is 48.1 Å². The highest BCUT2D eigenvalue weighted by Crippen LogP contribution is 2.31. The molecule has 0 atom stereocenters. The molecule has 0 spiro atoms. The molecule has 0 aliphatic carbocycles. The fourth-order valence-electron chi connectivity index (χ4n) is 2.88. The summed E-state index contributed by atoms with van der Waals surface area (Å²) >= 11 is 0. The van der Waals surface area contributed by atoms with Gasteiger partial charge in [-0.25, -0.2) is 0 Å². The van der Waals surface area contributed by atoms with Crippen LogP contribution in [0.3, 0.4) is 0 Å². The summed E-state index contributed by atoms with van der Waals surface area (Å²) < 4.78 is 0. The van der Waals surface area contributed by atoms with Crippen LogP contribution in [0.25, 0.3) is 0 Å². The van der Waals surface area contributed by atoms with Crippen molar-refractivity contribution in [2.75, 3.05) is 32.7 Å². The zero-order valence-corrected chi connectivity index (χ0v) is 9.71. The van der Waals surface area contributed by atoms with Gasteiger partial charge in [-0.15, -0.1) is 0 Å². The molecule has 2 rings (SSSR count). The van der Waals surface area contributed by atoms with E-state index in [2.05, 4.69) is 22.8 Å². The number of nitrogens with zero attached hydrogens (tertiary/aromatic N) is 3. The van der Waals surface area contributed by atoms with Gasteiger partial charge in [0, 0.05) is 13.1 Å². The molecule has 0 aromatic rings. The number of rotatable bonds is 2. The molecule has 0 aromatic carbocycles. The Morgan fingerprint density at radius 2 is 1.73 bits per heavy atom. The predicted octanol–water partition coefficient (Wildman–Crippen LogP) is 1.46. The van der Waals surface area contributed by atoms with Crippen molar-refractivity contribution >= 4 is 0 Å². The molecule has 84 valence electrons. The highest BCUT2D eigenvalue weighted by Gasteiger charge is 2.40. The van der Waals surface area contributed by atoms with E-state index in [1.807, 2.05) is 0 Å². The van der Waals surface area contributed by atoms with E-state index in [9.17, 15) is 5.26 Å². The van der Waals surface area contributed by atoms with Gasteiger partial charge in [-0.05, 0) is 45.3 Å². The summed E-state index contributed by atoms with van der Waals surface area (Å²) in [5.41, 5.74) is -0.123. The Kier molecular flexibility index (Phi) is 3.28. The lowest BCUT2D eigenvalue weighted by molar-refractivity contribution is 0.0814. The zero-order chi connectivity index (χ0) is 10.7. The van der Waals surface area contributed by atoms with Crippen LogP contribution in [0, 0.1) is 11.3 Å². The number of likely N-dealkylation sites (tertiary alicyclic amines) is 2. The van der Waals surface area contributed by atoms with Gasteiger partial charge in [-0.1, -0.05) is 6.92 Å². The Morgan fingerprint density at radius 3 is 2.20 bits per heavy atom. The lowest BCUT2D eigenvalue weighted by atomic mass is 9.87. The largest absolute Gasteiger partial charge is 0.303 e. The van der Waals surface area contributed by atoms with Crippen molar-refractivity contribution in [3.8, 4) is 6.07 Å². The molecule has 0 saturated carbocycles. The van der Waals surface area contributed by atoms with Crippen LogP contribution < -0.4 is 0 Å². The van der Waals surface area contributed by atoms with E-state index < -0.39 is 0 Å². The van der Waals surface area contributed by atoms with Crippen LogP contribution in [0.5, 0.6) is 0 Å². The molecule has 15 heavy (non-hydrogen) atoms. The van der Waals surface area contributed by atoms with Crippen LogP contribution in [0.4, 0.5) is 0 Å². The van der Waals surface area contributed by atoms with Crippen molar-refractivity contribution in [2.24, 2.45) is 0 Å². The summed E-state index contributed by atoms with van der Waals surface area (Å²) in [5, 5.41) is 9.45. The average Bonchev–Trinajstić information content (AvgIpc) is 2.83. The molecule has 2 aliphatic heterocycles. The van der Waals surface area contributed by atoms with Crippen molar-refractivity contribution in [2.45, 2.75) is 38.1 Å². The number of hydrogen-bond acceptors (Lipinski definition) is 3. The standard InChI is InChI=1S/C12H21N3/c1-2-14-9-5-12(11-13,6-10-14)15-7-3-4-8-15/h2-10H2,1H3. The van der Waals surface area contributed by atoms with Crippen molar-refractivity contribution < 1.29 is 0 Å². The highest BCUT2D eigenvalue weighted by molar-refractivity contribution is 5.11. The Bertz CT molecular complexity index is 242. The summed E-state index contributed by atoms with van der Waals surface area (Å²) in [6.45, 7) is 7.80. The maximum absolute atomic E-state index is 9.45. The van der Waals surface area contributed by atoms with E-state index in [-0.39, 0.29) is 5.54 Å². The fourth-order valence-corrected chi connectivity index (χ4v) is 2.88. The van der Waals surface area contributed by atoms with Gasteiger partial charge in [0.2, 0.25) is 0 Å². The van der Waals surface area contributed by atoms with Crippen molar-refractivity contribution in [1.29, 1.82) is 5.26 Å². The zero-order valence-electron chi connectivity index (χ0n) is 9.71. The third kappa shape index (κ3) is 2.02. The second kappa shape index (κ2) is 4.51. The van der Waals surface area contributed by atoms with Crippen molar-refractivity contribution in [3.63, 3.8) is 0 Å². The first-order chi connectivity index (χ1) is 7.30. The van der Waals surface area contributed by atoms with Gasteiger partial charge in [0.1, 0.15) is 5.54 Å². The molecular weight excluding hydrogens is 186 g/mol. The number of hydrogen-bond donors (Lipinski definition) is 0. The first-order valence-corrected chi connectivity index (χ1v) is 6.19. The van der Waals surface area contributed by atoms with E-state index in [1.165, 1.54) is 12.8 Å². The molecule has 3 heteroatoms. The third-order valence-electron chi connectivity index (χ3n) is 4.05. The van der Waals surface area contributed by atoms with E-state index in [4.69, 9.17) is 0 Å². The molecule has 0 radical (unpaired) electrons. The fraction of sp³-hybridized carbons (Fsp3) is 0.917. The number of piperidine rings is 1. The summed E-state index contributed by atoms with van der Waals surface area (Å²) in [4.78, 5) is 4.88. The Labute approximate surface area is 92.7 Å². The molecule has 0 unspecified atom stereocenters. The molecule has 2 aliphatic rings. The molecule has 3 nitrogen and oxygen atoms in total. The maximum atomic E-state index is 9.45. The summed E-state index contributed by atoms with van der Waals surface area (Å²) in [6.07, 6.45) is 4.64. The minimum Gasteiger partial charge on any atom is -0.303 e. The molecule has 2 fully saturated rings. The van der Waals surface area contributed by atoms with Gasteiger partial charge in [-0.2, -0.15) is 5.26 Å². The van der Waals surface area contributed by atoms with Crippen LogP contribution in [0.1, 0.15) is 32.6 Å². The molecular formula is C12H21N3. The van der Waals surface area contributed by atoms with E-state index in [0.717, 1.165) is 45.6 Å². The lowest BCUT2D eigenvalue weighted by Crippen LogP contribution is -2.53. The average molecular weight is 207 g/mol. The Morgan fingerprint density at radius 1 is 1.13 bits per heavy atom. The normalized spacial score (nSPS) is 27.7. The molecule has 2 heterocycles. The van der Waals surface area contributed by atoms with Gasteiger partial charge >= 0.3 is 0 Å². The quantitative estimate of drug-likeness (QED) is 0.687. The predicted molar refractivity (Wildman–Crippen MR) is 60.5 cm³/mol. The Balaban J connectivity index is 2.01. The third-order valence-corrected chi connectivity index (χ3v) is 4.05. The first-order valence-electron chi connectivity index (χ1n) is 6.19. The van der Waals surface area contributed by atoms with Gasteiger partial charge in [0.05, 0.1) is 6.07 Å². The monoisotopic (exact) mass is 207 g/mol. The number of nitriles is 1. The van der Waals surface area contributed by atoms with Crippen molar-refractivity contribution in [1.82, 2.24) is 9.80 Å². The Hall–Kier alpha value is -0.590. The lowest BCUT2D eigenvalue weighted by Gasteiger charge is -2.42. The molecule has 0 aromatic heterocycles. The van der Waals surface area contributed by atoms with E-state index in [1.54, 1.807) is 0 Å². The molecule has 0 N–H and O–H groups in total. The SMILES string of the molecule is CCN1CCC(C#N)(N2CCCC2)CC1. The van der Waals surface area contributed by atoms with E-state index in [0.29, 0.717) is 0 Å². The smallest absolute Gasteiger partial charge is 0.111 e.